The van der Waals surface area contributed by atoms with Crippen molar-refractivity contribution in [2.24, 2.45) is 0 Å². The molecule has 0 heterocycles. The van der Waals surface area contributed by atoms with Gasteiger partial charge in [0.25, 0.3) is 0 Å². The summed E-state index contributed by atoms with van der Waals surface area (Å²) in [4.78, 5) is 11.7. The standard InChI is InChI=1S/C17H19NO2/c1-13-8-10-16(11-9-13)14(2)18-17(19)20-12-15-6-4-3-5-7-15/h3-11,14H,12H2,1-2H3,(H,18,19). The second-order valence-corrected chi connectivity index (χ2v) is 4.84. The number of ether oxygens (including phenoxy) is 1. The number of amides is 1. The summed E-state index contributed by atoms with van der Waals surface area (Å²) in [5, 5.41) is 2.82. The zero-order chi connectivity index (χ0) is 14.4. The third-order valence-corrected chi connectivity index (χ3v) is 3.12. The first-order chi connectivity index (χ1) is 9.65. The fourth-order valence-electron chi connectivity index (χ4n) is 1.88. The Labute approximate surface area is 119 Å². The predicted octanol–water partition coefficient (Wildman–Crippen LogP) is 3.98. The molecule has 0 radical (unpaired) electrons. The van der Waals surface area contributed by atoms with Crippen LogP contribution in [0.5, 0.6) is 0 Å². The van der Waals surface area contributed by atoms with Gasteiger partial charge in [-0.15, -0.1) is 0 Å². The van der Waals surface area contributed by atoms with E-state index < -0.39 is 6.09 Å². The molecule has 0 saturated heterocycles. The Kier molecular flexibility index (Phi) is 4.77. The van der Waals surface area contributed by atoms with Gasteiger partial charge in [0.15, 0.2) is 0 Å². The molecule has 20 heavy (non-hydrogen) atoms. The van der Waals surface area contributed by atoms with Crippen molar-refractivity contribution in [1.82, 2.24) is 5.32 Å². The third-order valence-electron chi connectivity index (χ3n) is 3.12. The number of carbonyl (C=O) groups is 1. The van der Waals surface area contributed by atoms with Crippen LogP contribution in [0, 0.1) is 6.92 Å². The Hall–Kier alpha value is -2.29. The number of hydrogen-bond acceptors (Lipinski definition) is 2. The second kappa shape index (κ2) is 6.75. The summed E-state index contributed by atoms with van der Waals surface area (Å²) in [7, 11) is 0. The zero-order valence-electron chi connectivity index (χ0n) is 11.8. The molecule has 1 unspecified atom stereocenters. The van der Waals surface area contributed by atoms with Gasteiger partial charge in [-0.25, -0.2) is 4.79 Å². The lowest BCUT2D eigenvalue weighted by atomic mass is 10.1. The van der Waals surface area contributed by atoms with Gasteiger partial charge < -0.3 is 10.1 Å². The van der Waals surface area contributed by atoms with Crippen LogP contribution >= 0.6 is 0 Å². The molecule has 0 fully saturated rings. The van der Waals surface area contributed by atoms with Gasteiger partial charge in [0.2, 0.25) is 0 Å². The van der Waals surface area contributed by atoms with E-state index in [0.29, 0.717) is 0 Å². The molecular formula is C17H19NO2. The summed E-state index contributed by atoms with van der Waals surface area (Å²) >= 11 is 0. The van der Waals surface area contributed by atoms with E-state index in [2.05, 4.69) is 5.32 Å². The topological polar surface area (TPSA) is 38.3 Å². The molecule has 1 atom stereocenters. The molecular weight excluding hydrogens is 250 g/mol. The first-order valence-electron chi connectivity index (χ1n) is 6.69. The number of rotatable bonds is 4. The lowest BCUT2D eigenvalue weighted by molar-refractivity contribution is 0.136. The first kappa shape index (κ1) is 14.1. The van der Waals surface area contributed by atoms with Crippen LogP contribution < -0.4 is 5.32 Å². The van der Waals surface area contributed by atoms with Crippen LogP contribution in [0.3, 0.4) is 0 Å². The summed E-state index contributed by atoms with van der Waals surface area (Å²) < 4.78 is 5.19. The van der Waals surface area contributed by atoms with E-state index >= 15 is 0 Å². The Balaban J connectivity index is 1.83. The van der Waals surface area contributed by atoms with Crippen molar-refractivity contribution < 1.29 is 9.53 Å². The molecule has 3 heteroatoms. The number of aryl methyl sites for hydroxylation is 1. The van der Waals surface area contributed by atoms with Gasteiger partial charge in [-0.3, -0.25) is 0 Å². The van der Waals surface area contributed by atoms with Crippen molar-refractivity contribution in [3.05, 3.63) is 71.3 Å². The number of benzene rings is 2. The summed E-state index contributed by atoms with van der Waals surface area (Å²) in [6.45, 7) is 4.26. The van der Waals surface area contributed by atoms with Crippen LogP contribution in [-0.2, 0) is 11.3 Å². The molecule has 0 saturated carbocycles. The molecule has 1 amide bonds. The van der Waals surface area contributed by atoms with Gasteiger partial charge in [-0.05, 0) is 25.0 Å². The molecule has 0 spiro atoms. The monoisotopic (exact) mass is 269 g/mol. The van der Waals surface area contributed by atoms with E-state index in [1.807, 2.05) is 68.4 Å². The van der Waals surface area contributed by atoms with E-state index in [0.717, 1.165) is 11.1 Å². The number of carbonyl (C=O) groups excluding carboxylic acids is 1. The van der Waals surface area contributed by atoms with E-state index in [1.54, 1.807) is 0 Å². The van der Waals surface area contributed by atoms with Crippen LogP contribution in [0.15, 0.2) is 54.6 Å². The molecule has 3 nitrogen and oxygen atoms in total. The van der Waals surface area contributed by atoms with Gasteiger partial charge in [-0.2, -0.15) is 0 Å². The maximum atomic E-state index is 11.7. The quantitative estimate of drug-likeness (QED) is 0.911. The van der Waals surface area contributed by atoms with Gasteiger partial charge in [0.05, 0.1) is 6.04 Å². The van der Waals surface area contributed by atoms with Gasteiger partial charge in [-0.1, -0.05) is 60.2 Å². The average Bonchev–Trinajstić information content (AvgIpc) is 2.47. The minimum Gasteiger partial charge on any atom is -0.445 e. The van der Waals surface area contributed by atoms with E-state index in [9.17, 15) is 4.79 Å². The summed E-state index contributed by atoms with van der Waals surface area (Å²) in [5.41, 5.74) is 3.24. The highest BCUT2D eigenvalue weighted by molar-refractivity contribution is 5.67. The summed E-state index contributed by atoms with van der Waals surface area (Å²) in [6, 6.07) is 17.6. The summed E-state index contributed by atoms with van der Waals surface area (Å²) in [5.74, 6) is 0. The normalized spacial score (nSPS) is 11.7. The average molecular weight is 269 g/mol. The molecule has 0 aromatic heterocycles. The van der Waals surface area contributed by atoms with Crippen LogP contribution in [0.25, 0.3) is 0 Å². The Bertz CT molecular complexity index is 549. The second-order valence-electron chi connectivity index (χ2n) is 4.84. The molecule has 0 aliphatic rings. The van der Waals surface area contributed by atoms with Crippen molar-refractivity contribution in [1.29, 1.82) is 0 Å². The maximum Gasteiger partial charge on any atom is 0.407 e. The fraction of sp³-hybridized carbons (Fsp3) is 0.235. The van der Waals surface area contributed by atoms with Gasteiger partial charge >= 0.3 is 6.09 Å². The van der Waals surface area contributed by atoms with E-state index in [1.165, 1.54) is 5.56 Å². The van der Waals surface area contributed by atoms with Crippen LogP contribution in [0.4, 0.5) is 4.79 Å². The highest BCUT2D eigenvalue weighted by Gasteiger charge is 2.10. The van der Waals surface area contributed by atoms with Gasteiger partial charge in [0, 0.05) is 0 Å². The maximum absolute atomic E-state index is 11.7. The SMILES string of the molecule is Cc1ccc(C(C)NC(=O)OCc2ccccc2)cc1. The van der Waals surface area contributed by atoms with Crippen molar-refractivity contribution in [2.75, 3.05) is 0 Å². The van der Waals surface area contributed by atoms with Crippen molar-refractivity contribution in [2.45, 2.75) is 26.5 Å². The predicted molar refractivity (Wildman–Crippen MR) is 79.4 cm³/mol. The van der Waals surface area contributed by atoms with Gasteiger partial charge in [0.1, 0.15) is 6.61 Å². The molecule has 0 bridgehead atoms. The largest absolute Gasteiger partial charge is 0.445 e. The van der Waals surface area contributed by atoms with E-state index in [4.69, 9.17) is 4.74 Å². The highest BCUT2D eigenvalue weighted by Crippen LogP contribution is 2.13. The molecule has 2 rings (SSSR count). The number of hydrogen-bond donors (Lipinski definition) is 1. The van der Waals surface area contributed by atoms with E-state index in [-0.39, 0.29) is 12.6 Å². The molecule has 2 aromatic rings. The van der Waals surface area contributed by atoms with Crippen LogP contribution in [0.2, 0.25) is 0 Å². The minimum atomic E-state index is -0.401. The van der Waals surface area contributed by atoms with Crippen molar-refractivity contribution in [3.8, 4) is 0 Å². The van der Waals surface area contributed by atoms with Crippen molar-refractivity contribution >= 4 is 6.09 Å². The minimum absolute atomic E-state index is 0.0705. The number of alkyl carbamates (subject to hydrolysis) is 1. The fourth-order valence-corrected chi connectivity index (χ4v) is 1.88. The Morgan fingerprint density at radius 3 is 2.40 bits per heavy atom. The molecule has 2 aromatic carbocycles. The first-order valence-corrected chi connectivity index (χ1v) is 6.69. The lowest BCUT2D eigenvalue weighted by Gasteiger charge is -2.14. The molecule has 0 aliphatic carbocycles. The Morgan fingerprint density at radius 2 is 1.75 bits per heavy atom. The molecule has 0 aliphatic heterocycles. The lowest BCUT2D eigenvalue weighted by Crippen LogP contribution is -2.27. The molecule has 1 N–H and O–H groups in total. The molecule has 104 valence electrons. The smallest absolute Gasteiger partial charge is 0.407 e. The third kappa shape index (κ3) is 4.12. The highest BCUT2D eigenvalue weighted by atomic mass is 16.5. The van der Waals surface area contributed by atoms with Crippen molar-refractivity contribution in [3.63, 3.8) is 0 Å². The zero-order valence-corrected chi connectivity index (χ0v) is 11.8. The van der Waals surface area contributed by atoms with Crippen LogP contribution in [-0.4, -0.2) is 6.09 Å². The van der Waals surface area contributed by atoms with Crippen LogP contribution in [0.1, 0.15) is 29.7 Å². The summed E-state index contributed by atoms with van der Waals surface area (Å²) in [6.07, 6.45) is -0.401. The number of nitrogens with one attached hydrogen (secondary N) is 1. The Morgan fingerprint density at radius 1 is 1.10 bits per heavy atom.